The highest BCUT2D eigenvalue weighted by molar-refractivity contribution is 7.71. The van der Waals surface area contributed by atoms with Crippen LogP contribution in [0.1, 0.15) is 17.3 Å². The van der Waals surface area contributed by atoms with E-state index in [1.165, 1.54) is 0 Å². The number of thiol groups is 1. The van der Waals surface area contributed by atoms with Crippen molar-refractivity contribution in [3.05, 3.63) is 42.3 Å². The molecule has 2 nitrogen and oxygen atoms in total. The number of hydrogen-bond donors (Lipinski definition) is 1. The van der Waals surface area contributed by atoms with Crippen molar-refractivity contribution in [3.8, 4) is 0 Å². The lowest BCUT2D eigenvalue weighted by Crippen LogP contribution is -1.89. The lowest BCUT2D eigenvalue weighted by atomic mass is 10.1. The summed E-state index contributed by atoms with van der Waals surface area (Å²) in [7, 11) is -2.41. The lowest BCUT2D eigenvalue weighted by Gasteiger charge is -2.01. The van der Waals surface area contributed by atoms with Crippen LogP contribution in [0, 0.1) is 6.92 Å². The van der Waals surface area contributed by atoms with E-state index in [2.05, 4.69) is 6.92 Å². The molecule has 71 valence electrons. The molecule has 0 spiro atoms. The Balaban J connectivity index is 2.81. The summed E-state index contributed by atoms with van der Waals surface area (Å²) in [5, 5.41) is 0. The smallest absolute Gasteiger partial charge is 0.144 e. The monoisotopic (exact) mass is 201 g/mol. The number of rotatable bonds is 3. The quantitative estimate of drug-likeness (QED) is 0.754. The topological polar surface area (TPSA) is 34.1 Å². The van der Waals surface area contributed by atoms with Gasteiger partial charge in [0, 0.05) is 0 Å². The maximum atomic E-state index is 12.6. The van der Waals surface area contributed by atoms with Crippen molar-refractivity contribution in [3.63, 3.8) is 0 Å². The van der Waals surface area contributed by atoms with Gasteiger partial charge in [0.1, 0.15) is 16.9 Å². The fraction of sp³-hybridized carbons (Fsp3) is 0.222. The van der Waals surface area contributed by atoms with Crippen molar-refractivity contribution in [2.75, 3.05) is 0 Å². The largest absolute Gasteiger partial charge is 0.242 e. The van der Waals surface area contributed by atoms with Crippen LogP contribution in [0.5, 0.6) is 0 Å². The Morgan fingerprint density at radius 3 is 2.23 bits per heavy atom. The first-order valence-corrected chi connectivity index (χ1v) is 5.13. The fourth-order valence-electron chi connectivity index (χ4n) is 0.981. The third-order valence-electron chi connectivity index (χ3n) is 1.65. The molecule has 0 saturated heterocycles. The first-order valence-electron chi connectivity index (χ1n) is 3.77. The zero-order chi connectivity index (χ0) is 9.84. The molecule has 0 aliphatic rings. The molecule has 0 bridgehead atoms. The molecule has 0 aromatic heterocycles. The van der Waals surface area contributed by atoms with E-state index in [0.29, 0.717) is 11.1 Å². The number of benzene rings is 1. The predicted octanol–water partition coefficient (Wildman–Crippen LogP) is 1.64. The Kier molecular flexibility index (Phi) is 3.42. The molecule has 0 amide bonds. The average Bonchev–Trinajstić information content (AvgIpc) is 2.04. The Morgan fingerprint density at radius 2 is 1.85 bits per heavy atom. The van der Waals surface area contributed by atoms with Gasteiger partial charge in [0.05, 0.1) is 5.75 Å². The first kappa shape index (κ1) is 10.2. The maximum absolute atomic E-state index is 12.6. The molecule has 0 aliphatic carbocycles. The third-order valence-corrected chi connectivity index (χ3v) is 2.28. The summed E-state index contributed by atoms with van der Waals surface area (Å²) in [6.07, 6.45) is -1.25. The van der Waals surface area contributed by atoms with Crippen molar-refractivity contribution in [1.29, 1.82) is 0 Å². The van der Waals surface area contributed by atoms with Crippen LogP contribution in [0.2, 0.25) is 0 Å². The molecule has 4 heteroatoms. The zero-order valence-electron chi connectivity index (χ0n) is 6.94. The second-order valence-electron chi connectivity index (χ2n) is 2.70. The fourth-order valence-corrected chi connectivity index (χ4v) is 1.49. The van der Waals surface area contributed by atoms with Crippen LogP contribution in [0.3, 0.4) is 0 Å². The van der Waals surface area contributed by atoms with Gasteiger partial charge in [-0.05, 0) is 18.1 Å². The van der Waals surface area contributed by atoms with Crippen LogP contribution in [-0.4, -0.2) is 8.42 Å². The Morgan fingerprint density at radius 1 is 1.31 bits per heavy atom. The van der Waals surface area contributed by atoms with Gasteiger partial charge in [0.25, 0.3) is 0 Å². The van der Waals surface area contributed by atoms with Gasteiger partial charge in [0.2, 0.25) is 0 Å². The van der Waals surface area contributed by atoms with Crippen LogP contribution in [0.4, 0.5) is 4.39 Å². The van der Waals surface area contributed by atoms with E-state index in [4.69, 9.17) is 0 Å². The van der Waals surface area contributed by atoms with Gasteiger partial charge in [-0.25, -0.2) is 12.8 Å². The standard InChI is InChI=1S/C9H10FO2S/c1-7(10)9-4-2-8(3-5-9)6-13(11)12/h2-5,7,13H,1,6H2. The molecule has 13 heavy (non-hydrogen) atoms. The molecule has 0 saturated carbocycles. The minimum atomic E-state index is -2.41. The van der Waals surface area contributed by atoms with Crippen molar-refractivity contribution < 1.29 is 12.8 Å². The zero-order valence-corrected chi connectivity index (χ0v) is 7.84. The van der Waals surface area contributed by atoms with Crippen molar-refractivity contribution >= 4 is 10.7 Å². The summed E-state index contributed by atoms with van der Waals surface area (Å²) in [6.45, 7) is 3.21. The minimum Gasteiger partial charge on any atom is -0.242 e. The molecular weight excluding hydrogens is 191 g/mol. The van der Waals surface area contributed by atoms with Crippen LogP contribution < -0.4 is 0 Å². The van der Waals surface area contributed by atoms with E-state index in [1.807, 2.05) is 0 Å². The van der Waals surface area contributed by atoms with Crippen LogP contribution in [-0.2, 0) is 16.5 Å². The summed E-state index contributed by atoms with van der Waals surface area (Å²) < 4.78 is 33.3. The predicted molar refractivity (Wildman–Crippen MR) is 49.7 cm³/mol. The SMILES string of the molecule is [CH2]C(F)c1ccc(C[SH](=O)=O)cc1. The molecular formula is C9H10FO2S. The van der Waals surface area contributed by atoms with Gasteiger partial charge in [-0.3, -0.25) is 0 Å². The Hall–Kier alpha value is -0.900. The number of hydrogen-bond acceptors (Lipinski definition) is 2. The summed E-state index contributed by atoms with van der Waals surface area (Å²) >= 11 is 0. The average molecular weight is 201 g/mol. The first-order chi connectivity index (χ1) is 6.09. The van der Waals surface area contributed by atoms with Crippen LogP contribution in [0.25, 0.3) is 0 Å². The molecule has 1 aromatic rings. The minimum absolute atomic E-state index is 0.00368. The van der Waals surface area contributed by atoms with Gasteiger partial charge in [-0.15, -0.1) is 0 Å². The third kappa shape index (κ3) is 3.14. The van der Waals surface area contributed by atoms with Gasteiger partial charge in [-0.1, -0.05) is 24.3 Å². The van der Waals surface area contributed by atoms with Crippen molar-refractivity contribution in [1.82, 2.24) is 0 Å². The molecule has 0 fully saturated rings. The molecule has 0 aliphatic heterocycles. The van der Waals surface area contributed by atoms with E-state index in [-0.39, 0.29) is 5.75 Å². The van der Waals surface area contributed by atoms with Crippen LogP contribution >= 0.6 is 0 Å². The summed E-state index contributed by atoms with van der Waals surface area (Å²) in [5.74, 6) is 0.00368. The number of halogens is 1. The van der Waals surface area contributed by atoms with Gasteiger partial charge >= 0.3 is 0 Å². The Bertz CT molecular complexity index is 333. The van der Waals surface area contributed by atoms with Crippen molar-refractivity contribution in [2.24, 2.45) is 0 Å². The molecule has 1 aromatic carbocycles. The van der Waals surface area contributed by atoms with Crippen LogP contribution in [0.15, 0.2) is 24.3 Å². The van der Waals surface area contributed by atoms with Gasteiger partial charge in [-0.2, -0.15) is 0 Å². The van der Waals surface area contributed by atoms with E-state index in [1.54, 1.807) is 24.3 Å². The molecule has 1 radical (unpaired) electrons. The lowest BCUT2D eigenvalue weighted by molar-refractivity contribution is 0.411. The highest BCUT2D eigenvalue weighted by atomic mass is 32.2. The summed E-state index contributed by atoms with van der Waals surface area (Å²) in [4.78, 5) is 0. The highest BCUT2D eigenvalue weighted by Gasteiger charge is 2.02. The number of alkyl halides is 1. The second-order valence-corrected chi connectivity index (χ2v) is 3.68. The van der Waals surface area contributed by atoms with E-state index < -0.39 is 16.9 Å². The molecule has 1 rings (SSSR count). The summed E-state index contributed by atoms with van der Waals surface area (Å²) in [6, 6.07) is 6.29. The molecule has 0 heterocycles. The molecule has 1 atom stereocenters. The molecule has 1 unspecified atom stereocenters. The second kappa shape index (κ2) is 4.37. The highest BCUT2D eigenvalue weighted by Crippen LogP contribution is 2.16. The normalized spacial score (nSPS) is 13.2. The summed E-state index contributed by atoms with van der Waals surface area (Å²) in [5.41, 5.74) is 1.13. The Labute approximate surface area is 78.3 Å². The molecule has 0 N–H and O–H groups in total. The van der Waals surface area contributed by atoms with Crippen molar-refractivity contribution in [2.45, 2.75) is 11.9 Å². The van der Waals surface area contributed by atoms with Gasteiger partial charge < -0.3 is 0 Å². The van der Waals surface area contributed by atoms with E-state index >= 15 is 0 Å². The van der Waals surface area contributed by atoms with Gasteiger partial charge in [0.15, 0.2) is 0 Å². The maximum Gasteiger partial charge on any atom is 0.144 e. The van der Waals surface area contributed by atoms with E-state index in [9.17, 15) is 12.8 Å². The van der Waals surface area contributed by atoms with E-state index in [0.717, 1.165) is 0 Å².